The zero-order valence-electron chi connectivity index (χ0n) is 4.10. The number of carbonyl (C=O) groups is 1. The summed E-state index contributed by atoms with van der Waals surface area (Å²) >= 11 is 0. The zero-order valence-corrected chi connectivity index (χ0v) is 5.66. The molecule has 0 N–H and O–H groups in total. The molecule has 3 heteroatoms. The van der Waals surface area contributed by atoms with Gasteiger partial charge in [0.1, 0.15) is 0 Å². The molecule has 0 amide bonds. The zero-order chi connectivity index (χ0) is 4.99. The molecule has 0 fully saturated rings. The van der Waals surface area contributed by atoms with Gasteiger partial charge in [-0.2, -0.15) is 0 Å². The topological polar surface area (TPSA) is 26.3 Å². The average molecular weight is 134 g/mol. The van der Waals surface area contributed by atoms with Gasteiger partial charge in [0, 0.05) is 27.8 Å². The molecule has 0 aromatic rings. The number of methoxy groups -OCH3 is 1. The SMILES string of the molecule is C=CC(=O)OC.[Ti]. The molecule has 0 atom stereocenters. The van der Waals surface area contributed by atoms with E-state index in [1.807, 2.05) is 0 Å². The Labute approximate surface area is 57.4 Å². The van der Waals surface area contributed by atoms with Gasteiger partial charge < -0.3 is 4.74 Å². The van der Waals surface area contributed by atoms with E-state index in [2.05, 4.69) is 11.3 Å². The second kappa shape index (κ2) is 5.92. The number of rotatable bonds is 1. The number of ether oxygens (including phenoxy) is 1. The van der Waals surface area contributed by atoms with E-state index < -0.39 is 5.97 Å². The van der Waals surface area contributed by atoms with Gasteiger partial charge in [0.2, 0.25) is 0 Å². The minimum atomic E-state index is -0.394. The maximum atomic E-state index is 9.84. The van der Waals surface area contributed by atoms with E-state index in [0.717, 1.165) is 6.08 Å². The van der Waals surface area contributed by atoms with Crippen molar-refractivity contribution in [3.8, 4) is 0 Å². The summed E-state index contributed by atoms with van der Waals surface area (Å²) in [6, 6.07) is 0. The number of hydrogen-bond donors (Lipinski definition) is 0. The molecule has 0 radical (unpaired) electrons. The molecule has 0 rings (SSSR count). The Morgan fingerprint density at radius 2 is 2.29 bits per heavy atom. The van der Waals surface area contributed by atoms with E-state index in [4.69, 9.17) is 0 Å². The van der Waals surface area contributed by atoms with Crippen molar-refractivity contribution in [3.05, 3.63) is 12.7 Å². The van der Waals surface area contributed by atoms with Crippen LogP contribution in [0.2, 0.25) is 0 Å². The van der Waals surface area contributed by atoms with Crippen molar-refractivity contribution in [2.24, 2.45) is 0 Å². The Balaban J connectivity index is 0. The third-order valence-corrected chi connectivity index (χ3v) is 0.368. The Morgan fingerprint density at radius 3 is 2.29 bits per heavy atom. The normalized spacial score (nSPS) is 5.86. The van der Waals surface area contributed by atoms with Gasteiger partial charge in [-0.15, -0.1) is 0 Å². The molecule has 7 heavy (non-hydrogen) atoms. The molecule has 0 spiro atoms. The van der Waals surface area contributed by atoms with Crippen molar-refractivity contribution in [3.63, 3.8) is 0 Å². The summed E-state index contributed by atoms with van der Waals surface area (Å²) in [5.74, 6) is -0.394. The van der Waals surface area contributed by atoms with Gasteiger partial charge in [-0.05, 0) is 0 Å². The van der Waals surface area contributed by atoms with Crippen LogP contribution < -0.4 is 0 Å². The summed E-state index contributed by atoms with van der Waals surface area (Å²) < 4.78 is 4.14. The van der Waals surface area contributed by atoms with E-state index in [0.29, 0.717) is 0 Å². The Morgan fingerprint density at radius 1 is 1.86 bits per heavy atom. The minimum absolute atomic E-state index is 0. The first kappa shape index (κ1) is 10.0. The van der Waals surface area contributed by atoms with Gasteiger partial charge in [0.15, 0.2) is 0 Å². The summed E-state index contributed by atoms with van der Waals surface area (Å²) in [7, 11) is 1.31. The van der Waals surface area contributed by atoms with Crippen LogP contribution in [0, 0.1) is 0 Å². The fourth-order valence-electron chi connectivity index (χ4n) is 0.0833. The predicted molar refractivity (Wildman–Crippen MR) is 22.2 cm³/mol. The van der Waals surface area contributed by atoms with Gasteiger partial charge in [0.05, 0.1) is 7.11 Å². The molecule has 0 unspecified atom stereocenters. The molecular weight excluding hydrogens is 128 g/mol. The second-order valence-electron chi connectivity index (χ2n) is 0.727. The molecule has 0 aromatic heterocycles. The third kappa shape index (κ3) is 5.92. The van der Waals surface area contributed by atoms with E-state index >= 15 is 0 Å². The molecule has 0 aromatic carbocycles. The average Bonchev–Trinajstić information content (AvgIpc) is 1.65. The Bertz CT molecular complexity index is 70.1. The van der Waals surface area contributed by atoms with Gasteiger partial charge in [-0.25, -0.2) is 4.79 Å². The van der Waals surface area contributed by atoms with Crippen LogP contribution in [0.1, 0.15) is 0 Å². The maximum Gasteiger partial charge on any atom is 0.329 e. The molecule has 0 heterocycles. The summed E-state index contributed by atoms with van der Waals surface area (Å²) in [5.41, 5.74) is 0. The molecule has 0 bridgehead atoms. The molecule has 0 aliphatic rings. The third-order valence-electron chi connectivity index (χ3n) is 0.368. The standard InChI is InChI=1S/C4H6O2.Ti/c1-3-4(5)6-2;/h3H,1H2,2H3;. The molecule has 38 valence electrons. The molecule has 0 saturated carbocycles. The quantitative estimate of drug-likeness (QED) is 0.293. The van der Waals surface area contributed by atoms with E-state index in [1.54, 1.807) is 0 Å². The monoisotopic (exact) mass is 134 g/mol. The second-order valence-corrected chi connectivity index (χ2v) is 0.727. The summed E-state index contributed by atoms with van der Waals surface area (Å²) in [6.45, 7) is 3.16. The summed E-state index contributed by atoms with van der Waals surface area (Å²) in [6.07, 6.45) is 1.11. The minimum Gasteiger partial charge on any atom is -0.466 e. The van der Waals surface area contributed by atoms with Crippen LogP contribution >= 0.6 is 0 Å². The summed E-state index contributed by atoms with van der Waals surface area (Å²) in [5, 5.41) is 0. The van der Waals surface area contributed by atoms with Gasteiger partial charge in [-0.3, -0.25) is 0 Å². The number of esters is 1. The van der Waals surface area contributed by atoms with Gasteiger partial charge in [0.25, 0.3) is 0 Å². The predicted octanol–water partition coefficient (Wildman–Crippen LogP) is 0.343. The van der Waals surface area contributed by atoms with Crippen LogP contribution in [-0.4, -0.2) is 13.1 Å². The van der Waals surface area contributed by atoms with Crippen molar-refractivity contribution in [1.82, 2.24) is 0 Å². The molecule has 0 aliphatic carbocycles. The van der Waals surface area contributed by atoms with Gasteiger partial charge in [-0.1, -0.05) is 6.58 Å². The van der Waals surface area contributed by atoms with Crippen molar-refractivity contribution in [2.75, 3.05) is 7.11 Å². The van der Waals surface area contributed by atoms with Crippen molar-refractivity contribution >= 4 is 5.97 Å². The molecule has 0 aliphatic heterocycles. The van der Waals surface area contributed by atoms with Crippen LogP contribution in [0.15, 0.2) is 12.7 Å². The van der Waals surface area contributed by atoms with E-state index in [1.165, 1.54) is 7.11 Å². The molecular formula is C4H6O2Ti. The smallest absolute Gasteiger partial charge is 0.329 e. The number of hydrogen-bond acceptors (Lipinski definition) is 2. The largest absolute Gasteiger partial charge is 0.466 e. The van der Waals surface area contributed by atoms with Gasteiger partial charge >= 0.3 is 5.97 Å². The van der Waals surface area contributed by atoms with Crippen LogP contribution in [0.3, 0.4) is 0 Å². The maximum absolute atomic E-state index is 9.84. The fourth-order valence-corrected chi connectivity index (χ4v) is 0.0833. The van der Waals surface area contributed by atoms with Crippen molar-refractivity contribution in [2.45, 2.75) is 0 Å². The number of carbonyl (C=O) groups excluding carboxylic acids is 1. The first-order chi connectivity index (χ1) is 2.81. The Kier molecular flexibility index (Phi) is 8.48. The van der Waals surface area contributed by atoms with E-state index in [-0.39, 0.29) is 21.7 Å². The van der Waals surface area contributed by atoms with E-state index in [9.17, 15) is 4.79 Å². The van der Waals surface area contributed by atoms with Crippen molar-refractivity contribution in [1.29, 1.82) is 0 Å². The van der Waals surface area contributed by atoms with Crippen LogP contribution in [0.25, 0.3) is 0 Å². The van der Waals surface area contributed by atoms with Crippen LogP contribution in [-0.2, 0) is 31.2 Å². The van der Waals surface area contributed by atoms with Crippen molar-refractivity contribution < 1.29 is 31.2 Å². The molecule has 2 nitrogen and oxygen atoms in total. The fraction of sp³-hybridized carbons (Fsp3) is 0.250. The van der Waals surface area contributed by atoms with Crippen LogP contribution in [0.4, 0.5) is 0 Å². The molecule has 0 saturated heterocycles. The first-order valence-electron chi connectivity index (χ1n) is 1.51. The summed E-state index contributed by atoms with van der Waals surface area (Å²) in [4.78, 5) is 9.84. The first-order valence-corrected chi connectivity index (χ1v) is 1.51. The Hall–Kier alpha value is -0.0757. The van der Waals surface area contributed by atoms with Crippen LogP contribution in [0.5, 0.6) is 0 Å².